The van der Waals surface area contributed by atoms with Gasteiger partial charge >= 0.3 is 10.2 Å². The SMILES string of the molecule is C[C@H]1CCCCN1C(=O)C1=CC(c2ccc3c(c2)OCO3)=NS(=O)(=O)N1C. The Morgan fingerprint density at radius 2 is 2.00 bits per heavy atom. The van der Waals surface area contributed by atoms with E-state index in [0.29, 0.717) is 23.6 Å². The third kappa shape index (κ3) is 3.16. The number of hydrogen-bond acceptors (Lipinski definition) is 5. The maximum absolute atomic E-state index is 13.1. The van der Waals surface area contributed by atoms with E-state index < -0.39 is 10.2 Å². The molecule has 1 saturated heterocycles. The minimum atomic E-state index is -3.99. The molecule has 1 aromatic rings. The summed E-state index contributed by atoms with van der Waals surface area (Å²) in [5.74, 6) is 0.830. The first-order chi connectivity index (χ1) is 12.9. The Bertz CT molecular complexity index is 954. The van der Waals surface area contributed by atoms with Gasteiger partial charge in [-0.15, -0.1) is 4.40 Å². The largest absolute Gasteiger partial charge is 0.454 e. The molecule has 1 fully saturated rings. The lowest BCUT2D eigenvalue weighted by molar-refractivity contribution is -0.131. The highest BCUT2D eigenvalue weighted by Gasteiger charge is 2.34. The first kappa shape index (κ1) is 17.8. The van der Waals surface area contributed by atoms with E-state index >= 15 is 0 Å². The number of carbonyl (C=O) groups excluding carboxylic acids is 1. The van der Waals surface area contributed by atoms with Gasteiger partial charge in [0.1, 0.15) is 5.70 Å². The molecule has 0 radical (unpaired) electrons. The summed E-state index contributed by atoms with van der Waals surface area (Å²) in [6.45, 7) is 2.74. The van der Waals surface area contributed by atoms with Crippen molar-refractivity contribution in [1.82, 2.24) is 9.21 Å². The van der Waals surface area contributed by atoms with Gasteiger partial charge in [0.05, 0.1) is 5.71 Å². The number of carbonyl (C=O) groups is 1. The summed E-state index contributed by atoms with van der Waals surface area (Å²) in [6.07, 6.45) is 4.44. The summed E-state index contributed by atoms with van der Waals surface area (Å²) >= 11 is 0. The Morgan fingerprint density at radius 1 is 1.22 bits per heavy atom. The van der Waals surface area contributed by atoms with Crippen molar-refractivity contribution in [3.8, 4) is 11.5 Å². The van der Waals surface area contributed by atoms with Crippen LogP contribution in [0, 0.1) is 0 Å². The van der Waals surface area contributed by atoms with Gasteiger partial charge in [0.25, 0.3) is 5.91 Å². The van der Waals surface area contributed by atoms with Gasteiger partial charge < -0.3 is 14.4 Å². The Balaban J connectivity index is 1.73. The third-order valence-electron chi connectivity index (χ3n) is 5.12. The Kier molecular flexibility index (Phi) is 4.33. The van der Waals surface area contributed by atoms with Crippen LogP contribution in [0.3, 0.4) is 0 Å². The van der Waals surface area contributed by atoms with E-state index in [0.717, 1.165) is 23.6 Å². The van der Waals surface area contributed by atoms with Crippen LogP contribution in [0.2, 0.25) is 0 Å². The zero-order valence-electron chi connectivity index (χ0n) is 15.2. The summed E-state index contributed by atoms with van der Waals surface area (Å²) in [4.78, 5) is 14.8. The van der Waals surface area contributed by atoms with Crippen LogP contribution in [0.1, 0.15) is 31.7 Å². The number of allylic oxidation sites excluding steroid dienone is 1. The Labute approximate surface area is 158 Å². The lowest BCUT2D eigenvalue weighted by Crippen LogP contribution is -2.46. The maximum atomic E-state index is 13.1. The number of benzene rings is 1. The second-order valence-corrected chi connectivity index (χ2v) is 8.49. The molecule has 144 valence electrons. The zero-order valence-corrected chi connectivity index (χ0v) is 16.0. The Hall–Kier alpha value is -2.55. The standard InChI is InChI=1S/C18H21N3O5S/c1-12-5-3-4-8-21(12)18(22)15-10-14(19-27(23,24)20(15)2)13-6-7-16-17(9-13)26-11-25-16/h6-7,9-10,12H,3-5,8,11H2,1-2H3/t12-/m0/s1. The topological polar surface area (TPSA) is 88.5 Å². The van der Waals surface area contributed by atoms with E-state index in [4.69, 9.17) is 9.47 Å². The van der Waals surface area contributed by atoms with E-state index in [-0.39, 0.29) is 30.2 Å². The van der Waals surface area contributed by atoms with Crippen molar-refractivity contribution in [2.75, 3.05) is 20.4 Å². The quantitative estimate of drug-likeness (QED) is 0.765. The fourth-order valence-electron chi connectivity index (χ4n) is 3.49. The number of ether oxygens (including phenoxy) is 2. The van der Waals surface area contributed by atoms with Crippen LogP contribution in [0.4, 0.5) is 0 Å². The maximum Gasteiger partial charge on any atom is 0.345 e. The average Bonchev–Trinajstić information content (AvgIpc) is 3.11. The van der Waals surface area contributed by atoms with E-state index in [1.165, 1.54) is 13.1 Å². The van der Waals surface area contributed by atoms with Crippen molar-refractivity contribution in [1.29, 1.82) is 0 Å². The van der Waals surface area contributed by atoms with Crippen molar-refractivity contribution in [2.45, 2.75) is 32.2 Å². The number of piperidine rings is 1. The van der Waals surface area contributed by atoms with Crippen molar-refractivity contribution in [3.05, 3.63) is 35.5 Å². The van der Waals surface area contributed by atoms with Gasteiger partial charge in [0.2, 0.25) is 6.79 Å². The number of likely N-dealkylation sites (tertiary alicyclic amines) is 1. The molecule has 4 rings (SSSR count). The molecule has 1 amide bonds. The molecule has 3 heterocycles. The first-order valence-corrected chi connectivity index (χ1v) is 10.3. The molecule has 0 spiro atoms. The Morgan fingerprint density at radius 3 is 2.78 bits per heavy atom. The van der Waals surface area contributed by atoms with Gasteiger partial charge in [0.15, 0.2) is 11.5 Å². The summed E-state index contributed by atoms with van der Waals surface area (Å²) < 4.78 is 40.5. The summed E-state index contributed by atoms with van der Waals surface area (Å²) in [5, 5.41) is 0. The van der Waals surface area contributed by atoms with Crippen molar-refractivity contribution < 1.29 is 22.7 Å². The normalized spacial score (nSPS) is 23.7. The highest BCUT2D eigenvalue weighted by molar-refractivity contribution is 7.88. The predicted octanol–water partition coefficient (Wildman–Crippen LogP) is 1.68. The molecule has 0 N–H and O–H groups in total. The van der Waals surface area contributed by atoms with Crippen LogP contribution >= 0.6 is 0 Å². The van der Waals surface area contributed by atoms with Crippen molar-refractivity contribution in [2.24, 2.45) is 4.40 Å². The number of fused-ring (bicyclic) bond motifs is 1. The molecule has 1 atom stereocenters. The molecule has 9 heteroatoms. The average molecular weight is 391 g/mol. The minimum absolute atomic E-state index is 0.0797. The lowest BCUT2D eigenvalue weighted by atomic mass is 10.0. The van der Waals surface area contributed by atoms with Crippen molar-refractivity contribution in [3.63, 3.8) is 0 Å². The molecule has 8 nitrogen and oxygen atoms in total. The van der Waals surface area contributed by atoms with E-state index in [1.54, 1.807) is 23.1 Å². The fraction of sp³-hybridized carbons (Fsp3) is 0.444. The van der Waals surface area contributed by atoms with E-state index in [1.807, 2.05) is 6.92 Å². The van der Waals surface area contributed by atoms with Gasteiger partial charge in [0, 0.05) is 25.2 Å². The molecule has 27 heavy (non-hydrogen) atoms. The van der Waals surface area contributed by atoms with Crippen LogP contribution in [0.15, 0.2) is 34.4 Å². The number of hydrogen-bond donors (Lipinski definition) is 0. The molecular formula is C18H21N3O5S. The molecule has 3 aliphatic rings. The van der Waals surface area contributed by atoms with Gasteiger partial charge in [-0.1, -0.05) is 0 Å². The summed E-state index contributed by atoms with van der Waals surface area (Å²) in [5.41, 5.74) is 0.860. The second-order valence-electron chi connectivity index (χ2n) is 6.86. The van der Waals surface area contributed by atoms with E-state index in [2.05, 4.69) is 4.40 Å². The van der Waals surface area contributed by atoms with Crippen LogP contribution in [-0.4, -0.2) is 55.7 Å². The predicted molar refractivity (Wildman–Crippen MR) is 98.9 cm³/mol. The first-order valence-electron chi connectivity index (χ1n) is 8.88. The zero-order chi connectivity index (χ0) is 19.2. The van der Waals surface area contributed by atoms with Gasteiger partial charge in [-0.05, 0) is 50.5 Å². The van der Waals surface area contributed by atoms with Gasteiger partial charge in [-0.3, -0.25) is 4.79 Å². The molecule has 0 aromatic heterocycles. The molecule has 3 aliphatic heterocycles. The molecule has 0 bridgehead atoms. The third-order valence-corrected chi connectivity index (χ3v) is 6.44. The number of likely N-dealkylation sites (N-methyl/N-ethyl adjacent to an activating group) is 1. The van der Waals surface area contributed by atoms with E-state index in [9.17, 15) is 13.2 Å². The fourth-order valence-corrected chi connectivity index (χ4v) is 4.40. The van der Waals surface area contributed by atoms with Crippen LogP contribution in [0.5, 0.6) is 11.5 Å². The van der Waals surface area contributed by atoms with Crippen LogP contribution in [0.25, 0.3) is 0 Å². The van der Waals surface area contributed by atoms with Crippen molar-refractivity contribution >= 4 is 21.8 Å². The summed E-state index contributed by atoms with van der Waals surface area (Å²) in [6, 6.07) is 5.16. The minimum Gasteiger partial charge on any atom is -0.454 e. The molecule has 0 unspecified atom stereocenters. The monoisotopic (exact) mass is 391 g/mol. The lowest BCUT2D eigenvalue weighted by Gasteiger charge is -2.36. The molecule has 0 saturated carbocycles. The number of rotatable bonds is 2. The molecule has 0 aliphatic carbocycles. The number of nitrogens with zero attached hydrogens (tertiary/aromatic N) is 3. The molecular weight excluding hydrogens is 370 g/mol. The van der Waals surface area contributed by atoms with Gasteiger partial charge in [-0.2, -0.15) is 8.42 Å². The summed E-state index contributed by atoms with van der Waals surface area (Å²) in [7, 11) is -2.63. The highest BCUT2D eigenvalue weighted by Crippen LogP contribution is 2.34. The van der Waals surface area contributed by atoms with Crippen LogP contribution in [-0.2, 0) is 15.0 Å². The smallest absolute Gasteiger partial charge is 0.345 e. The van der Waals surface area contributed by atoms with Crippen LogP contribution < -0.4 is 9.47 Å². The number of amides is 1. The molecule has 1 aromatic carbocycles. The highest BCUT2D eigenvalue weighted by atomic mass is 32.2. The van der Waals surface area contributed by atoms with Gasteiger partial charge in [-0.25, -0.2) is 4.31 Å². The second kappa shape index (κ2) is 6.56.